The number of nitrogens with two attached hydrogens (primary N) is 1. The number of carboxylic acid groups (broad SMARTS) is 1. The van der Waals surface area contributed by atoms with E-state index in [1.54, 1.807) is 4.90 Å². The van der Waals surface area contributed by atoms with Crippen molar-refractivity contribution in [3.05, 3.63) is 0 Å². The number of amides is 2. The summed E-state index contributed by atoms with van der Waals surface area (Å²) < 4.78 is 4.72. The van der Waals surface area contributed by atoms with Crippen LogP contribution in [0.4, 0.5) is 0 Å². The van der Waals surface area contributed by atoms with Crippen LogP contribution in [0.5, 0.6) is 0 Å². The monoisotopic (exact) mass is 287 g/mol. The van der Waals surface area contributed by atoms with Crippen LogP contribution in [0.1, 0.15) is 19.3 Å². The van der Waals surface area contributed by atoms with Gasteiger partial charge in [0.15, 0.2) is 0 Å². The summed E-state index contributed by atoms with van der Waals surface area (Å²) in [5, 5.41) is 11.4. The van der Waals surface area contributed by atoms with Crippen molar-refractivity contribution >= 4 is 17.8 Å². The largest absolute Gasteiger partial charge is 0.481 e. The van der Waals surface area contributed by atoms with E-state index < -0.39 is 12.0 Å². The van der Waals surface area contributed by atoms with Crippen LogP contribution >= 0.6 is 0 Å². The molecule has 0 aromatic carbocycles. The first-order chi connectivity index (χ1) is 9.43. The lowest BCUT2D eigenvalue weighted by Crippen LogP contribution is -2.51. The van der Waals surface area contributed by atoms with Gasteiger partial charge in [0.05, 0.1) is 12.5 Å². The minimum Gasteiger partial charge on any atom is -0.481 e. The molecule has 0 saturated carbocycles. The lowest BCUT2D eigenvalue weighted by Gasteiger charge is -2.33. The summed E-state index contributed by atoms with van der Waals surface area (Å²) in [6, 6.07) is -0.996. The summed E-state index contributed by atoms with van der Waals surface area (Å²) >= 11 is 0. The normalized spacial score (nSPS) is 17.6. The molecule has 4 N–H and O–H groups in total. The molecule has 8 heteroatoms. The third-order valence-corrected chi connectivity index (χ3v) is 3.16. The van der Waals surface area contributed by atoms with Crippen LogP contribution in [-0.2, 0) is 19.1 Å². The Kier molecular flexibility index (Phi) is 6.40. The van der Waals surface area contributed by atoms with Gasteiger partial charge >= 0.3 is 5.97 Å². The van der Waals surface area contributed by atoms with Gasteiger partial charge in [-0.25, -0.2) is 0 Å². The second-order valence-electron chi connectivity index (χ2n) is 4.80. The van der Waals surface area contributed by atoms with Gasteiger partial charge < -0.3 is 25.8 Å². The molecule has 1 unspecified atom stereocenters. The quantitative estimate of drug-likeness (QED) is 0.549. The molecule has 20 heavy (non-hydrogen) atoms. The number of likely N-dealkylation sites (tertiary alicyclic amines) is 1. The number of nitrogens with zero attached hydrogens (tertiary/aromatic N) is 1. The van der Waals surface area contributed by atoms with Crippen molar-refractivity contribution in [3.8, 4) is 0 Å². The van der Waals surface area contributed by atoms with Crippen molar-refractivity contribution in [3.63, 3.8) is 0 Å². The number of piperidine rings is 1. The fourth-order valence-corrected chi connectivity index (χ4v) is 2.15. The molecule has 1 aliphatic heterocycles. The number of methoxy groups -OCH3 is 1. The van der Waals surface area contributed by atoms with E-state index in [0.29, 0.717) is 25.9 Å². The Bertz CT molecular complexity index is 366. The van der Waals surface area contributed by atoms with Crippen molar-refractivity contribution in [1.29, 1.82) is 0 Å². The van der Waals surface area contributed by atoms with Crippen LogP contribution in [0.15, 0.2) is 0 Å². The summed E-state index contributed by atoms with van der Waals surface area (Å²) in [4.78, 5) is 35.3. The summed E-state index contributed by atoms with van der Waals surface area (Å²) in [5.74, 6) is -1.62. The Labute approximate surface area is 117 Å². The molecule has 1 fully saturated rings. The maximum atomic E-state index is 11.9. The number of carbonyl (C=O) groups excluding carboxylic acids is 2. The van der Waals surface area contributed by atoms with E-state index in [4.69, 9.17) is 15.6 Å². The zero-order chi connectivity index (χ0) is 15.1. The molecule has 1 heterocycles. The van der Waals surface area contributed by atoms with E-state index in [-0.39, 0.29) is 30.9 Å². The third-order valence-electron chi connectivity index (χ3n) is 3.16. The predicted molar refractivity (Wildman–Crippen MR) is 69.8 cm³/mol. The maximum absolute atomic E-state index is 11.9. The van der Waals surface area contributed by atoms with Gasteiger partial charge in [0.1, 0.15) is 6.61 Å². The van der Waals surface area contributed by atoms with Gasteiger partial charge in [-0.3, -0.25) is 14.4 Å². The smallest absolute Gasteiger partial charge is 0.305 e. The molecule has 0 aromatic heterocycles. The van der Waals surface area contributed by atoms with Gasteiger partial charge in [0.2, 0.25) is 11.8 Å². The number of hydrogen-bond donors (Lipinski definition) is 3. The fraction of sp³-hybridized carbons (Fsp3) is 0.750. The van der Waals surface area contributed by atoms with Crippen LogP contribution in [0.2, 0.25) is 0 Å². The Morgan fingerprint density at radius 3 is 2.50 bits per heavy atom. The number of carboxylic acids is 1. The van der Waals surface area contributed by atoms with Crippen LogP contribution in [-0.4, -0.2) is 66.7 Å². The van der Waals surface area contributed by atoms with E-state index in [2.05, 4.69) is 5.32 Å². The molecule has 114 valence electrons. The first-order valence-corrected chi connectivity index (χ1v) is 6.48. The molecule has 1 atom stereocenters. The molecule has 0 radical (unpaired) electrons. The molecular weight excluding hydrogens is 266 g/mol. The van der Waals surface area contributed by atoms with Crippen LogP contribution in [0, 0.1) is 0 Å². The molecule has 0 spiro atoms. The summed E-state index contributed by atoms with van der Waals surface area (Å²) in [7, 11) is 1.45. The molecule has 0 aliphatic carbocycles. The SMILES string of the molecule is COCC(=O)NC1CCN(C(=O)C(N)CC(=O)O)CC1. The first kappa shape index (κ1) is 16.4. The zero-order valence-electron chi connectivity index (χ0n) is 11.5. The van der Waals surface area contributed by atoms with Crippen molar-refractivity contribution in [2.75, 3.05) is 26.8 Å². The summed E-state index contributed by atoms with van der Waals surface area (Å²) in [6.45, 7) is 0.941. The zero-order valence-corrected chi connectivity index (χ0v) is 11.5. The highest BCUT2D eigenvalue weighted by atomic mass is 16.5. The van der Waals surface area contributed by atoms with Gasteiger partial charge in [-0.2, -0.15) is 0 Å². The number of carbonyl (C=O) groups is 3. The Balaban J connectivity index is 2.36. The lowest BCUT2D eigenvalue weighted by atomic mass is 10.0. The average Bonchev–Trinajstić information content (AvgIpc) is 2.38. The molecule has 1 aliphatic rings. The van der Waals surface area contributed by atoms with E-state index in [1.807, 2.05) is 0 Å². The standard InChI is InChI=1S/C12H21N3O5/c1-20-7-10(16)14-8-2-4-15(5-3-8)12(19)9(13)6-11(17)18/h8-9H,2-7,13H2,1H3,(H,14,16)(H,17,18). The molecule has 1 saturated heterocycles. The van der Waals surface area contributed by atoms with Gasteiger partial charge in [-0.05, 0) is 12.8 Å². The maximum Gasteiger partial charge on any atom is 0.305 e. The molecule has 8 nitrogen and oxygen atoms in total. The highest BCUT2D eigenvalue weighted by Gasteiger charge is 2.27. The van der Waals surface area contributed by atoms with Gasteiger partial charge in [0, 0.05) is 26.2 Å². The van der Waals surface area contributed by atoms with E-state index >= 15 is 0 Å². The third kappa shape index (κ3) is 5.14. The number of nitrogens with one attached hydrogen (secondary N) is 1. The highest BCUT2D eigenvalue weighted by Crippen LogP contribution is 2.12. The number of hydrogen-bond acceptors (Lipinski definition) is 5. The van der Waals surface area contributed by atoms with Gasteiger partial charge in [0.25, 0.3) is 0 Å². The highest BCUT2D eigenvalue weighted by molar-refractivity contribution is 5.86. The molecule has 2 amide bonds. The molecule has 0 aromatic rings. The Morgan fingerprint density at radius 2 is 2.00 bits per heavy atom. The van der Waals surface area contributed by atoms with Crippen molar-refractivity contribution in [1.82, 2.24) is 10.2 Å². The average molecular weight is 287 g/mol. The fourth-order valence-electron chi connectivity index (χ4n) is 2.15. The topological polar surface area (TPSA) is 122 Å². The second-order valence-corrected chi connectivity index (χ2v) is 4.80. The van der Waals surface area contributed by atoms with Crippen LogP contribution < -0.4 is 11.1 Å². The van der Waals surface area contributed by atoms with Crippen molar-refractivity contribution in [2.45, 2.75) is 31.3 Å². The van der Waals surface area contributed by atoms with E-state index in [1.165, 1.54) is 7.11 Å². The van der Waals surface area contributed by atoms with Gasteiger partial charge in [-0.1, -0.05) is 0 Å². The Morgan fingerprint density at radius 1 is 1.40 bits per heavy atom. The minimum absolute atomic E-state index is 0.0115. The molecule has 1 rings (SSSR count). The van der Waals surface area contributed by atoms with Gasteiger partial charge in [-0.15, -0.1) is 0 Å². The van der Waals surface area contributed by atoms with Crippen LogP contribution in [0.3, 0.4) is 0 Å². The first-order valence-electron chi connectivity index (χ1n) is 6.48. The minimum atomic E-state index is -1.09. The van der Waals surface area contributed by atoms with Crippen LogP contribution in [0.25, 0.3) is 0 Å². The number of rotatable bonds is 6. The molecule has 0 bridgehead atoms. The lowest BCUT2D eigenvalue weighted by molar-refractivity contribution is -0.142. The number of aliphatic carboxylic acids is 1. The summed E-state index contributed by atoms with van der Waals surface area (Å²) in [6.07, 6.45) is 0.880. The number of ether oxygens (including phenoxy) is 1. The van der Waals surface area contributed by atoms with E-state index in [0.717, 1.165) is 0 Å². The van der Waals surface area contributed by atoms with E-state index in [9.17, 15) is 14.4 Å². The molecular formula is C12H21N3O5. The van der Waals surface area contributed by atoms with Crippen molar-refractivity contribution in [2.24, 2.45) is 5.73 Å². The second kappa shape index (κ2) is 7.81. The summed E-state index contributed by atoms with van der Waals surface area (Å²) in [5.41, 5.74) is 5.55. The predicted octanol–water partition coefficient (Wildman–Crippen LogP) is -1.46. The Hall–Kier alpha value is -1.67. The van der Waals surface area contributed by atoms with Crippen molar-refractivity contribution < 1.29 is 24.2 Å².